The summed E-state index contributed by atoms with van der Waals surface area (Å²) >= 11 is 12.8. The van der Waals surface area contributed by atoms with Gasteiger partial charge in [-0.1, -0.05) is 23.7 Å². The van der Waals surface area contributed by atoms with Gasteiger partial charge in [-0.2, -0.15) is 0 Å². The van der Waals surface area contributed by atoms with Crippen LogP contribution in [-0.4, -0.2) is 23.0 Å². The Bertz CT molecular complexity index is 1300. The van der Waals surface area contributed by atoms with Crippen LogP contribution in [0.2, 0.25) is 5.02 Å². The minimum atomic E-state index is -0.869. The Morgan fingerprint density at radius 2 is 1.59 bits per heavy atom. The number of phenols is 1. The minimum Gasteiger partial charge on any atom is -0.508 e. The zero-order valence-corrected chi connectivity index (χ0v) is 21.1. The fraction of sp³-hybridized carbons (Fsp3) is 0.0417. The van der Waals surface area contributed by atoms with Crippen LogP contribution in [0.25, 0.3) is 6.08 Å². The molecule has 0 bridgehead atoms. The van der Waals surface area contributed by atoms with E-state index in [2.05, 4.69) is 37.2 Å². The molecule has 1 heterocycles. The van der Waals surface area contributed by atoms with Crippen molar-refractivity contribution in [3.63, 3.8) is 0 Å². The van der Waals surface area contributed by atoms with Gasteiger partial charge in [0.05, 0.1) is 14.6 Å². The van der Waals surface area contributed by atoms with Crippen LogP contribution in [0.15, 0.2) is 75.2 Å². The van der Waals surface area contributed by atoms with Crippen molar-refractivity contribution in [3.8, 4) is 11.5 Å². The Morgan fingerprint density at radius 1 is 0.971 bits per heavy atom. The van der Waals surface area contributed by atoms with Gasteiger partial charge in [-0.3, -0.25) is 14.9 Å². The first-order valence-corrected chi connectivity index (χ1v) is 11.8. The number of anilines is 1. The van der Waals surface area contributed by atoms with Crippen LogP contribution in [0.4, 0.5) is 10.5 Å². The molecule has 172 valence electrons. The molecule has 0 aliphatic carbocycles. The Kier molecular flexibility index (Phi) is 7.06. The molecule has 0 saturated carbocycles. The number of benzene rings is 3. The molecule has 3 aromatic rings. The molecule has 10 heteroatoms. The van der Waals surface area contributed by atoms with Gasteiger partial charge in [0.2, 0.25) is 0 Å². The summed E-state index contributed by atoms with van der Waals surface area (Å²) < 4.78 is 7.09. The lowest BCUT2D eigenvalue weighted by atomic mass is 10.1. The molecule has 1 saturated heterocycles. The first kappa shape index (κ1) is 24.0. The first-order chi connectivity index (χ1) is 16.2. The summed E-state index contributed by atoms with van der Waals surface area (Å²) in [6, 6.07) is 15.3. The summed E-state index contributed by atoms with van der Waals surface area (Å²) in [6.45, 7) is 0.305. The van der Waals surface area contributed by atoms with E-state index >= 15 is 0 Å². The number of amides is 4. The minimum absolute atomic E-state index is 0.0199. The molecule has 4 amide bonds. The number of urea groups is 1. The molecule has 0 unspecified atom stereocenters. The number of carbonyl (C=O) groups is 3. The number of nitrogens with one attached hydrogen (secondary N) is 1. The standard InChI is InChI=1S/C24H15Br2ClN2O5/c25-19-10-14(11-20(26)21(19)34-12-13-1-3-15(27)4-2-13)9-18-22(31)28-24(33)29(23(18)32)16-5-7-17(30)8-6-16/h1-11,30H,12H2,(H,28,31,33)/b18-9+. The van der Waals surface area contributed by atoms with Crippen molar-refractivity contribution in [2.45, 2.75) is 6.61 Å². The molecule has 1 aliphatic heterocycles. The zero-order valence-electron chi connectivity index (χ0n) is 17.2. The van der Waals surface area contributed by atoms with E-state index in [4.69, 9.17) is 16.3 Å². The molecule has 0 radical (unpaired) electrons. The third-order valence-corrected chi connectivity index (χ3v) is 6.27. The van der Waals surface area contributed by atoms with Crippen molar-refractivity contribution in [2.24, 2.45) is 0 Å². The van der Waals surface area contributed by atoms with Crippen molar-refractivity contribution in [2.75, 3.05) is 4.90 Å². The molecule has 0 atom stereocenters. The second-order valence-corrected chi connectivity index (χ2v) is 9.35. The van der Waals surface area contributed by atoms with Gasteiger partial charge in [0.15, 0.2) is 0 Å². The lowest BCUT2D eigenvalue weighted by Crippen LogP contribution is -2.54. The van der Waals surface area contributed by atoms with Gasteiger partial charge in [0.25, 0.3) is 11.8 Å². The summed E-state index contributed by atoms with van der Waals surface area (Å²) in [5.41, 5.74) is 1.45. The topological polar surface area (TPSA) is 95.9 Å². The summed E-state index contributed by atoms with van der Waals surface area (Å²) in [6.07, 6.45) is 1.38. The van der Waals surface area contributed by atoms with E-state index < -0.39 is 17.8 Å². The van der Waals surface area contributed by atoms with Gasteiger partial charge in [-0.15, -0.1) is 0 Å². The van der Waals surface area contributed by atoms with Gasteiger partial charge in [-0.05, 0) is 97.6 Å². The zero-order chi connectivity index (χ0) is 24.4. The molecule has 0 aromatic heterocycles. The van der Waals surface area contributed by atoms with Gasteiger partial charge in [0.1, 0.15) is 23.7 Å². The van der Waals surface area contributed by atoms with Gasteiger partial charge in [0, 0.05) is 5.02 Å². The van der Waals surface area contributed by atoms with Gasteiger partial charge < -0.3 is 9.84 Å². The maximum absolute atomic E-state index is 13.0. The van der Waals surface area contributed by atoms with Crippen LogP contribution < -0.4 is 15.0 Å². The quantitative estimate of drug-likeness (QED) is 0.282. The molecule has 34 heavy (non-hydrogen) atoms. The maximum atomic E-state index is 13.0. The fourth-order valence-electron chi connectivity index (χ4n) is 3.20. The monoisotopic (exact) mass is 604 g/mol. The van der Waals surface area contributed by atoms with Crippen molar-refractivity contribution < 1.29 is 24.2 Å². The van der Waals surface area contributed by atoms with Crippen molar-refractivity contribution in [1.82, 2.24) is 5.32 Å². The van der Waals surface area contributed by atoms with Crippen molar-refractivity contribution in [3.05, 3.63) is 91.3 Å². The predicted molar refractivity (Wildman–Crippen MR) is 135 cm³/mol. The largest absolute Gasteiger partial charge is 0.508 e. The van der Waals surface area contributed by atoms with Crippen LogP contribution in [0.3, 0.4) is 0 Å². The summed E-state index contributed by atoms with van der Waals surface area (Å²) in [4.78, 5) is 38.6. The number of phenolic OH excluding ortho intramolecular Hbond substituents is 1. The molecule has 3 aromatic carbocycles. The number of hydrogen-bond acceptors (Lipinski definition) is 5. The number of carbonyl (C=O) groups excluding carboxylic acids is 3. The third-order valence-electron chi connectivity index (χ3n) is 4.84. The Labute approximate surface area is 216 Å². The number of imide groups is 2. The highest BCUT2D eigenvalue weighted by Crippen LogP contribution is 2.36. The second-order valence-electron chi connectivity index (χ2n) is 7.20. The van der Waals surface area contributed by atoms with Crippen LogP contribution in [0, 0.1) is 0 Å². The number of rotatable bonds is 5. The molecule has 2 N–H and O–H groups in total. The van der Waals surface area contributed by atoms with E-state index in [-0.39, 0.29) is 17.0 Å². The Balaban J connectivity index is 1.60. The molecule has 7 nitrogen and oxygen atoms in total. The second kappa shape index (κ2) is 10.0. The number of halogens is 3. The first-order valence-electron chi connectivity index (χ1n) is 9.79. The van der Waals surface area contributed by atoms with E-state index in [1.54, 1.807) is 24.3 Å². The number of nitrogens with zero attached hydrogens (tertiary/aromatic N) is 1. The lowest BCUT2D eigenvalue weighted by Gasteiger charge is -2.26. The predicted octanol–water partition coefficient (Wildman–Crippen LogP) is 5.82. The average molecular weight is 607 g/mol. The van der Waals surface area contributed by atoms with Gasteiger partial charge in [-0.25, -0.2) is 9.69 Å². The normalized spacial score (nSPS) is 15.0. The van der Waals surface area contributed by atoms with Crippen LogP contribution >= 0.6 is 43.5 Å². The smallest absolute Gasteiger partial charge is 0.335 e. The van der Waals surface area contributed by atoms with Crippen LogP contribution in [-0.2, 0) is 16.2 Å². The molecule has 1 fully saturated rings. The molecule has 1 aliphatic rings. The molecular weight excluding hydrogens is 592 g/mol. The van der Waals surface area contributed by atoms with Crippen LogP contribution in [0.5, 0.6) is 11.5 Å². The van der Waals surface area contributed by atoms with E-state index in [0.29, 0.717) is 31.9 Å². The SMILES string of the molecule is O=C1NC(=O)N(c2ccc(O)cc2)C(=O)/C1=C/c1cc(Br)c(OCc2ccc(Cl)cc2)c(Br)c1. The fourth-order valence-corrected chi connectivity index (χ4v) is 4.77. The van der Waals surface area contributed by atoms with E-state index in [1.807, 2.05) is 12.1 Å². The summed E-state index contributed by atoms with van der Waals surface area (Å²) in [5.74, 6) is -1.07. The Morgan fingerprint density at radius 3 is 2.21 bits per heavy atom. The number of aromatic hydroxyl groups is 1. The van der Waals surface area contributed by atoms with Crippen molar-refractivity contribution >= 4 is 73.1 Å². The third kappa shape index (κ3) is 5.16. The number of barbiturate groups is 1. The molecular formula is C24H15Br2ClN2O5. The molecule has 4 rings (SSSR count). The van der Waals surface area contributed by atoms with E-state index in [9.17, 15) is 19.5 Å². The summed E-state index contributed by atoms with van der Waals surface area (Å²) in [5, 5.41) is 12.3. The van der Waals surface area contributed by atoms with Crippen LogP contribution in [0.1, 0.15) is 11.1 Å². The highest BCUT2D eigenvalue weighted by molar-refractivity contribution is 9.11. The highest BCUT2D eigenvalue weighted by atomic mass is 79.9. The van der Waals surface area contributed by atoms with Crippen molar-refractivity contribution in [1.29, 1.82) is 0 Å². The number of ether oxygens (including phenoxy) is 1. The lowest BCUT2D eigenvalue weighted by molar-refractivity contribution is -0.122. The van der Waals surface area contributed by atoms with E-state index in [0.717, 1.165) is 10.5 Å². The maximum Gasteiger partial charge on any atom is 0.335 e. The number of hydrogen-bond donors (Lipinski definition) is 2. The molecule has 0 spiro atoms. The van der Waals surface area contributed by atoms with E-state index in [1.165, 1.54) is 30.3 Å². The van der Waals surface area contributed by atoms with Gasteiger partial charge >= 0.3 is 6.03 Å². The summed E-state index contributed by atoms with van der Waals surface area (Å²) in [7, 11) is 0. The average Bonchev–Trinajstić information content (AvgIpc) is 2.78. The highest BCUT2D eigenvalue weighted by Gasteiger charge is 2.36. The Hall–Kier alpha value is -3.14.